The molecule has 1 atom stereocenters. The first-order chi connectivity index (χ1) is 10.1. The van der Waals surface area contributed by atoms with Gasteiger partial charge in [0.1, 0.15) is 6.04 Å². The number of hydrogen-bond donors (Lipinski definition) is 3. The van der Waals surface area contributed by atoms with Gasteiger partial charge < -0.3 is 15.7 Å². The van der Waals surface area contributed by atoms with E-state index in [0.717, 1.165) is 31.5 Å². The maximum atomic E-state index is 12.0. The summed E-state index contributed by atoms with van der Waals surface area (Å²) < 4.78 is 0. The zero-order chi connectivity index (χ0) is 15.1. The van der Waals surface area contributed by atoms with Gasteiger partial charge in [0.05, 0.1) is 0 Å². The lowest BCUT2D eigenvalue weighted by Gasteiger charge is -2.23. The maximum Gasteiger partial charge on any atom is 0.326 e. The molecule has 0 radical (unpaired) electrons. The molecule has 1 aliphatic rings. The number of rotatable bonds is 6. The van der Waals surface area contributed by atoms with Crippen LogP contribution < -0.4 is 10.6 Å². The Balaban J connectivity index is 1.86. The van der Waals surface area contributed by atoms with Gasteiger partial charge in [-0.2, -0.15) is 0 Å². The first-order valence-corrected chi connectivity index (χ1v) is 7.42. The van der Waals surface area contributed by atoms with E-state index in [9.17, 15) is 14.7 Å². The van der Waals surface area contributed by atoms with E-state index in [1.165, 1.54) is 0 Å². The topological polar surface area (TPSA) is 78.4 Å². The first-order valence-electron chi connectivity index (χ1n) is 7.42. The Morgan fingerprint density at radius 3 is 2.52 bits per heavy atom. The number of carbonyl (C=O) groups is 2. The van der Waals surface area contributed by atoms with Crippen molar-refractivity contribution in [2.75, 3.05) is 13.1 Å². The molecular formula is C16H22N2O3. The third kappa shape index (κ3) is 5.19. The fraction of sp³-hybridized carbons (Fsp3) is 0.500. The molecule has 1 aliphatic heterocycles. The molecule has 5 heteroatoms. The second kappa shape index (κ2) is 7.78. The highest BCUT2D eigenvalue weighted by molar-refractivity contribution is 5.83. The van der Waals surface area contributed by atoms with Gasteiger partial charge in [-0.1, -0.05) is 30.3 Å². The van der Waals surface area contributed by atoms with Gasteiger partial charge in [0.25, 0.3) is 0 Å². The fourth-order valence-corrected chi connectivity index (χ4v) is 2.65. The van der Waals surface area contributed by atoms with Gasteiger partial charge in [-0.3, -0.25) is 4.79 Å². The zero-order valence-corrected chi connectivity index (χ0v) is 12.0. The summed E-state index contributed by atoms with van der Waals surface area (Å²) in [6.45, 7) is 1.87. The maximum absolute atomic E-state index is 12.0. The molecule has 1 amide bonds. The smallest absolute Gasteiger partial charge is 0.326 e. The number of amides is 1. The minimum atomic E-state index is -0.988. The summed E-state index contributed by atoms with van der Waals surface area (Å²) in [7, 11) is 0. The Kier molecular flexibility index (Phi) is 5.75. The Labute approximate surface area is 124 Å². The molecule has 5 nitrogen and oxygen atoms in total. The molecule has 1 saturated heterocycles. The van der Waals surface area contributed by atoms with Crippen LogP contribution in [0.3, 0.4) is 0 Å². The average molecular weight is 290 g/mol. The van der Waals surface area contributed by atoms with Crippen LogP contribution in [0.4, 0.5) is 0 Å². The van der Waals surface area contributed by atoms with Crippen LogP contribution in [0.1, 0.15) is 24.8 Å². The minimum absolute atomic E-state index is 0.162. The Morgan fingerprint density at radius 2 is 1.90 bits per heavy atom. The quantitative estimate of drug-likeness (QED) is 0.735. The van der Waals surface area contributed by atoms with Gasteiger partial charge in [-0.15, -0.1) is 0 Å². The summed E-state index contributed by atoms with van der Waals surface area (Å²) in [4.78, 5) is 23.3. The van der Waals surface area contributed by atoms with Crippen molar-refractivity contribution in [3.05, 3.63) is 35.9 Å². The highest BCUT2D eigenvalue weighted by Crippen LogP contribution is 2.15. The molecular weight excluding hydrogens is 268 g/mol. The molecule has 0 spiro atoms. The SMILES string of the molecule is O=C(CC1CCNCC1)N[C@@H](Cc1ccccc1)C(=O)O. The predicted molar refractivity (Wildman–Crippen MR) is 79.9 cm³/mol. The minimum Gasteiger partial charge on any atom is -0.480 e. The lowest BCUT2D eigenvalue weighted by molar-refractivity contribution is -0.142. The molecule has 0 aliphatic carbocycles. The highest BCUT2D eigenvalue weighted by Gasteiger charge is 2.23. The number of benzene rings is 1. The summed E-state index contributed by atoms with van der Waals surface area (Å²) in [5.74, 6) is -0.792. The van der Waals surface area contributed by atoms with Crippen LogP contribution in [-0.4, -0.2) is 36.1 Å². The van der Waals surface area contributed by atoms with E-state index in [4.69, 9.17) is 0 Å². The largest absolute Gasteiger partial charge is 0.480 e. The highest BCUT2D eigenvalue weighted by atomic mass is 16.4. The van der Waals surface area contributed by atoms with Crippen LogP contribution >= 0.6 is 0 Å². The predicted octanol–water partition coefficient (Wildman–Crippen LogP) is 1.19. The van der Waals surface area contributed by atoms with Crippen molar-refractivity contribution in [1.82, 2.24) is 10.6 Å². The van der Waals surface area contributed by atoms with E-state index in [0.29, 0.717) is 18.8 Å². The van der Waals surface area contributed by atoms with E-state index in [-0.39, 0.29) is 5.91 Å². The van der Waals surface area contributed by atoms with Crippen LogP contribution in [0.2, 0.25) is 0 Å². The second-order valence-electron chi connectivity index (χ2n) is 5.55. The van der Waals surface area contributed by atoms with Gasteiger partial charge in [-0.05, 0) is 37.4 Å². The molecule has 0 bridgehead atoms. The number of piperidine rings is 1. The molecule has 0 unspecified atom stereocenters. The summed E-state index contributed by atoms with van der Waals surface area (Å²) in [5, 5.41) is 15.2. The van der Waals surface area contributed by atoms with Crippen molar-refractivity contribution < 1.29 is 14.7 Å². The summed E-state index contributed by atoms with van der Waals surface area (Å²) in [6, 6.07) is 8.50. The lowest BCUT2D eigenvalue weighted by Crippen LogP contribution is -2.43. The molecule has 2 rings (SSSR count). The van der Waals surface area contributed by atoms with Crippen molar-refractivity contribution in [3.8, 4) is 0 Å². The van der Waals surface area contributed by atoms with Gasteiger partial charge in [0.2, 0.25) is 5.91 Å². The lowest BCUT2D eigenvalue weighted by atomic mass is 9.94. The molecule has 114 valence electrons. The average Bonchev–Trinajstić information content (AvgIpc) is 2.48. The van der Waals surface area contributed by atoms with Gasteiger partial charge >= 0.3 is 5.97 Å². The summed E-state index contributed by atoms with van der Waals surface area (Å²) in [6.07, 6.45) is 2.68. The molecule has 1 fully saturated rings. The van der Waals surface area contributed by atoms with E-state index in [1.54, 1.807) is 0 Å². The van der Waals surface area contributed by atoms with Crippen LogP contribution in [-0.2, 0) is 16.0 Å². The molecule has 1 aromatic rings. The van der Waals surface area contributed by atoms with E-state index in [2.05, 4.69) is 10.6 Å². The zero-order valence-electron chi connectivity index (χ0n) is 12.0. The molecule has 21 heavy (non-hydrogen) atoms. The molecule has 0 aromatic heterocycles. The third-order valence-corrected chi connectivity index (χ3v) is 3.85. The third-order valence-electron chi connectivity index (χ3n) is 3.85. The van der Waals surface area contributed by atoms with Crippen molar-refractivity contribution >= 4 is 11.9 Å². The molecule has 3 N–H and O–H groups in total. The summed E-state index contributed by atoms with van der Waals surface area (Å²) >= 11 is 0. The van der Waals surface area contributed by atoms with E-state index in [1.807, 2.05) is 30.3 Å². The van der Waals surface area contributed by atoms with Crippen molar-refractivity contribution in [2.45, 2.75) is 31.7 Å². The van der Waals surface area contributed by atoms with Crippen molar-refractivity contribution in [1.29, 1.82) is 0 Å². The van der Waals surface area contributed by atoms with Gasteiger partial charge in [-0.25, -0.2) is 4.79 Å². The van der Waals surface area contributed by atoms with Crippen LogP contribution in [0.25, 0.3) is 0 Å². The van der Waals surface area contributed by atoms with Gasteiger partial charge in [0, 0.05) is 12.8 Å². The Bertz CT molecular complexity index is 470. The number of hydrogen-bond acceptors (Lipinski definition) is 3. The van der Waals surface area contributed by atoms with Crippen LogP contribution in [0.15, 0.2) is 30.3 Å². The normalized spacial score (nSPS) is 17.1. The number of carboxylic acid groups (broad SMARTS) is 1. The van der Waals surface area contributed by atoms with E-state index < -0.39 is 12.0 Å². The first kappa shape index (κ1) is 15.5. The monoisotopic (exact) mass is 290 g/mol. The number of carboxylic acids is 1. The number of carbonyl (C=O) groups excluding carboxylic acids is 1. The molecule has 1 heterocycles. The molecule has 0 saturated carbocycles. The van der Waals surface area contributed by atoms with E-state index >= 15 is 0 Å². The standard InChI is InChI=1S/C16H22N2O3/c19-15(11-13-6-8-17-9-7-13)18-14(16(20)21)10-12-4-2-1-3-5-12/h1-5,13-14,17H,6-11H2,(H,18,19)(H,20,21)/t14-/m0/s1. The number of aliphatic carboxylic acids is 1. The Hall–Kier alpha value is -1.88. The second-order valence-corrected chi connectivity index (χ2v) is 5.55. The van der Waals surface area contributed by atoms with Crippen LogP contribution in [0.5, 0.6) is 0 Å². The fourth-order valence-electron chi connectivity index (χ4n) is 2.65. The van der Waals surface area contributed by atoms with Gasteiger partial charge in [0.15, 0.2) is 0 Å². The van der Waals surface area contributed by atoms with Crippen molar-refractivity contribution in [2.24, 2.45) is 5.92 Å². The summed E-state index contributed by atoms with van der Waals surface area (Å²) in [5.41, 5.74) is 0.909. The van der Waals surface area contributed by atoms with Crippen LogP contribution in [0, 0.1) is 5.92 Å². The number of nitrogens with one attached hydrogen (secondary N) is 2. The van der Waals surface area contributed by atoms with Crippen molar-refractivity contribution in [3.63, 3.8) is 0 Å². The Morgan fingerprint density at radius 1 is 1.24 bits per heavy atom. The molecule has 1 aromatic carbocycles.